The third-order valence-corrected chi connectivity index (χ3v) is 5.44. The molecule has 13 heavy (non-hydrogen) atoms. The molecule has 0 amide bonds. The number of piperidine rings is 1. The van der Waals surface area contributed by atoms with Crippen molar-refractivity contribution >= 4 is 43.5 Å². The van der Waals surface area contributed by atoms with Crippen LogP contribution in [0.4, 0.5) is 0 Å². The standard InChI is InChI=1S/C9H12Br2ClN/c1-6(12)4-13-3-2-7-8(5-13)9(7,10)11/h7-8H,1-5H2/t7-,8+/m0/s1. The summed E-state index contributed by atoms with van der Waals surface area (Å²) in [6.45, 7) is 6.84. The van der Waals surface area contributed by atoms with Crippen LogP contribution in [-0.2, 0) is 0 Å². The van der Waals surface area contributed by atoms with Gasteiger partial charge in [0.25, 0.3) is 0 Å². The summed E-state index contributed by atoms with van der Waals surface area (Å²) in [5.41, 5.74) is 0. The number of hydrogen-bond acceptors (Lipinski definition) is 1. The van der Waals surface area contributed by atoms with E-state index >= 15 is 0 Å². The van der Waals surface area contributed by atoms with Crippen molar-refractivity contribution in [3.63, 3.8) is 0 Å². The molecule has 1 aliphatic carbocycles. The first-order chi connectivity index (χ1) is 6.01. The third-order valence-electron chi connectivity index (χ3n) is 2.97. The zero-order valence-corrected chi connectivity index (χ0v) is 11.2. The number of halogens is 3. The fraction of sp³-hybridized carbons (Fsp3) is 0.778. The number of hydrogen-bond donors (Lipinski definition) is 0. The van der Waals surface area contributed by atoms with Gasteiger partial charge in [0.05, 0.1) is 3.23 Å². The average Bonchev–Trinajstić information content (AvgIpc) is 2.53. The minimum atomic E-state index is 0.225. The first kappa shape index (κ1) is 10.5. The molecule has 2 aliphatic rings. The van der Waals surface area contributed by atoms with E-state index in [0.29, 0.717) is 0 Å². The fourth-order valence-electron chi connectivity index (χ4n) is 2.18. The zero-order valence-electron chi connectivity index (χ0n) is 7.27. The van der Waals surface area contributed by atoms with Gasteiger partial charge in [-0.05, 0) is 18.9 Å². The van der Waals surface area contributed by atoms with E-state index in [1.54, 1.807) is 0 Å². The smallest absolute Gasteiger partial charge is 0.0881 e. The van der Waals surface area contributed by atoms with Crippen LogP contribution in [0.2, 0.25) is 0 Å². The van der Waals surface area contributed by atoms with E-state index in [1.165, 1.54) is 6.42 Å². The molecule has 4 heteroatoms. The molecular weight excluding hydrogens is 317 g/mol. The highest BCUT2D eigenvalue weighted by Crippen LogP contribution is 2.64. The minimum absolute atomic E-state index is 0.225. The summed E-state index contributed by atoms with van der Waals surface area (Å²) in [6.07, 6.45) is 1.26. The lowest BCUT2D eigenvalue weighted by atomic mass is 10.1. The number of alkyl halides is 2. The molecule has 1 nitrogen and oxygen atoms in total. The molecule has 0 spiro atoms. The molecule has 1 aliphatic heterocycles. The van der Waals surface area contributed by atoms with Crippen LogP contribution in [0, 0.1) is 11.8 Å². The Morgan fingerprint density at radius 3 is 2.77 bits per heavy atom. The molecule has 0 radical (unpaired) electrons. The van der Waals surface area contributed by atoms with Crippen molar-refractivity contribution in [3.8, 4) is 0 Å². The Hall–Kier alpha value is 0.950. The minimum Gasteiger partial charge on any atom is -0.298 e. The second kappa shape index (κ2) is 3.51. The number of rotatable bonds is 2. The molecule has 0 aromatic heterocycles. The lowest BCUT2D eigenvalue weighted by Crippen LogP contribution is -2.32. The third kappa shape index (κ3) is 1.99. The van der Waals surface area contributed by atoms with Gasteiger partial charge >= 0.3 is 0 Å². The molecular formula is C9H12Br2ClN. The Morgan fingerprint density at radius 1 is 1.54 bits per heavy atom. The Balaban J connectivity index is 1.90. The molecule has 0 bridgehead atoms. The van der Waals surface area contributed by atoms with Crippen molar-refractivity contribution < 1.29 is 0 Å². The molecule has 2 atom stereocenters. The van der Waals surface area contributed by atoms with E-state index in [4.69, 9.17) is 11.6 Å². The highest BCUT2D eigenvalue weighted by atomic mass is 79.9. The van der Waals surface area contributed by atoms with Crippen LogP contribution in [-0.4, -0.2) is 27.8 Å². The summed E-state index contributed by atoms with van der Waals surface area (Å²) in [7, 11) is 0. The van der Waals surface area contributed by atoms with Crippen molar-refractivity contribution in [2.24, 2.45) is 11.8 Å². The predicted molar refractivity (Wildman–Crippen MR) is 63.6 cm³/mol. The van der Waals surface area contributed by atoms with Gasteiger partial charge in [-0.15, -0.1) is 0 Å². The van der Waals surface area contributed by atoms with Crippen LogP contribution in [0.1, 0.15) is 6.42 Å². The second-order valence-electron chi connectivity index (χ2n) is 3.93. The summed E-state index contributed by atoms with van der Waals surface area (Å²) >= 11 is 13.2. The summed E-state index contributed by atoms with van der Waals surface area (Å²) in [5.74, 6) is 1.56. The van der Waals surface area contributed by atoms with Crippen LogP contribution in [0.5, 0.6) is 0 Å². The Morgan fingerprint density at radius 2 is 2.23 bits per heavy atom. The van der Waals surface area contributed by atoms with Crippen molar-refractivity contribution in [1.82, 2.24) is 4.90 Å². The molecule has 1 saturated carbocycles. The van der Waals surface area contributed by atoms with Gasteiger partial charge in [0, 0.05) is 24.0 Å². The average molecular weight is 329 g/mol. The van der Waals surface area contributed by atoms with E-state index in [0.717, 1.165) is 36.5 Å². The Bertz CT molecular complexity index is 242. The van der Waals surface area contributed by atoms with Gasteiger partial charge < -0.3 is 0 Å². The van der Waals surface area contributed by atoms with Crippen LogP contribution in [0.3, 0.4) is 0 Å². The SMILES string of the molecule is C=C(Cl)CN1CC[C@H]2[C@@H](C1)C2(Br)Br. The van der Waals surface area contributed by atoms with Gasteiger partial charge in [-0.3, -0.25) is 4.90 Å². The monoisotopic (exact) mass is 327 g/mol. The van der Waals surface area contributed by atoms with Crippen LogP contribution < -0.4 is 0 Å². The van der Waals surface area contributed by atoms with E-state index in [-0.39, 0.29) is 3.23 Å². The molecule has 1 heterocycles. The van der Waals surface area contributed by atoms with Crippen molar-refractivity contribution in [3.05, 3.63) is 11.6 Å². The maximum atomic E-state index is 5.78. The molecule has 2 fully saturated rings. The molecule has 0 unspecified atom stereocenters. The summed E-state index contributed by atoms with van der Waals surface area (Å²) in [4.78, 5) is 2.38. The van der Waals surface area contributed by atoms with E-state index in [9.17, 15) is 0 Å². The molecule has 1 saturated heterocycles. The lowest BCUT2D eigenvalue weighted by Gasteiger charge is -2.24. The summed E-state index contributed by atoms with van der Waals surface area (Å²) < 4.78 is 0.225. The lowest BCUT2D eigenvalue weighted by molar-refractivity contribution is 0.240. The highest BCUT2D eigenvalue weighted by Gasteiger charge is 2.62. The van der Waals surface area contributed by atoms with Gasteiger partial charge in [0.1, 0.15) is 0 Å². The van der Waals surface area contributed by atoms with Gasteiger partial charge in [0.2, 0.25) is 0 Å². The van der Waals surface area contributed by atoms with Crippen molar-refractivity contribution in [2.75, 3.05) is 19.6 Å². The molecule has 74 valence electrons. The van der Waals surface area contributed by atoms with Gasteiger partial charge in [-0.1, -0.05) is 50.0 Å². The van der Waals surface area contributed by atoms with Crippen molar-refractivity contribution in [1.29, 1.82) is 0 Å². The summed E-state index contributed by atoms with van der Waals surface area (Å²) in [5, 5.41) is 0.744. The highest BCUT2D eigenvalue weighted by molar-refractivity contribution is 9.25. The molecule has 0 aromatic rings. The first-order valence-corrected chi connectivity index (χ1v) is 6.41. The van der Waals surface area contributed by atoms with E-state index in [2.05, 4.69) is 43.3 Å². The van der Waals surface area contributed by atoms with Gasteiger partial charge in [-0.2, -0.15) is 0 Å². The van der Waals surface area contributed by atoms with Crippen molar-refractivity contribution in [2.45, 2.75) is 9.65 Å². The van der Waals surface area contributed by atoms with Gasteiger partial charge in [0.15, 0.2) is 0 Å². The van der Waals surface area contributed by atoms with E-state index < -0.39 is 0 Å². The van der Waals surface area contributed by atoms with Crippen LogP contribution in [0.25, 0.3) is 0 Å². The Kier molecular flexibility index (Phi) is 2.83. The largest absolute Gasteiger partial charge is 0.298 e. The quantitative estimate of drug-likeness (QED) is 0.704. The Labute approximate surface area is 101 Å². The van der Waals surface area contributed by atoms with E-state index in [1.807, 2.05) is 0 Å². The normalized spacial score (nSPS) is 36.8. The summed E-state index contributed by atoms with van der Waals surface area (Å²) in [6, 6.07) is 0. The predicted octanol–water partition coefficient (Wildman–Crippen LogP) is 3.18. The molecule has 2 rings (SSSR count). The van der Waals surface area contributed by atoms with Crippen LogP contribution in [0.15, 0.2) is 11.6 Å². The number of likely N-dealkylation sites (tertiary alicyclic amines) is 1. The maximum absolute atomic E-state index is 5.78. The van der Waals surface area contributed by atoms with Gasteiger partial charge in [-0.25, -0.2) is 0 Å². The molecule has 0 aromatic carbocycles. The zero-order chi connectivity index (χ0) is 9.64. The fourth-order valence-corrected chi connectivity index (χ4v) is 4.11. The maximum Gasteiger partial charge on any atom is 0.0881 e. The first-order valence-electron chi connectivity index (χ1n) is 4.45. The second-order valence-corrected chi connectivity index (χ2v) is 8.15. The molecule has 0 N–H and O–H groups in total. The van der Waals surface area contributed by atoms with Crippen LogP contribution >= 0.6 is 43.5 Å². The number of nitrogens with zero attached hydrogens (tertiary/aromatic N) is 1. The number of fused-ring (bicyclic) bond motifs is 1. The topological polar surface area (TPSA) is 3.24 Å².